The van der Waals surface area contributed by atoms with E-state index >= 15 is 0 Å². The number of hydrogen-bond donors (Lipinski definition) is 0. The molecule has 4 nitrogen and oxygen atoms in total. The summed E-state index contributed by atoms with van der Waals surface area (Å²) in [7, 11) is 0. The minimum absolute atomic E-state index is 0.143. The second-order valence-corrected chi connectivity index (χ2v) is 25.2. The van der Waals surface area contributed by atoms with Crippen molar-refractivity contribution >= 4 is 32.7 Å². The van der Waals surface area contributed by atoms with Crippen LogP contribution in [0.4, 0.5) is 0 Å². The summed E-state index contributed by atoms with van der Waals surface area (Å²) in [6, 6.07) is 56.9. The Labute approximate surface area is 442 Å². The van der Waals surface area contributed by atoms with Crippen LogP contribution in [0.15, 0.2) is 195 Å². The maximum atomic E-state index is 4.36. The Balaban J connectivity index is 0.000000191. The van der Waals surface area contributed by atoms with Gasteiger partial charge < -0.3 is 0 Å². The highest BCUT2D eigenvalue weighted by molar-refractivity contribution is 5.86. The quantitative estimate of drug-likeness (QED) is 0.164. The molecule has 4 heterocycles. The van der Waals surface area contributed by atoms with Crippen molar-refractivity contribution in [2.75, 3.05) is 0 Å². The first-order chi connectivity index (χ1) is 34.1. The second kappa shape index (κ2) is 25.9. The Hall–Kier alpha value is -6.52. The van der Waals surface area contributed by atoms with E-state index in [1.54, 1.807) is 6.20 Å². The highest BCUT2D eigenvalue weighted by Crippen LogP contribution is 2.31. The normalized spacial score (nSPS) is 11.8. The number of aromatic nitrogens is 4. The van der Waals surface area contributed by atoms with Crippen LogP contribution in [0.5, 0.6) is 0 Å². The smallest absolute Gasteiger partial charge is 0.159 e. The van der Waals surface area contributed by atoms with Crippen LogP contribution in [0.1, 0.15) is 158 Å². The lowest BCUT2D eigenvalue weighted by molar-refractivity contribution is 0.411. The van der Waals surface area contributed by atoms with E-state index in [1.807, 2.05) is 36.9 Å². The van der Waals surface area contributed by atoms with Gasteiger partial charge in [-0.15, -0.1) is 0 Å². The topological polar surface area (TPSA) is 51.6 Å². The van der Waals surface area contributed by atoms with Crippen LogP contribution in [0.25, 0.3) is 32.7 Å². The van der Waals surface area contributed by atoms with Gasteiger partial charge in [-0.3, -0.25) is 9.97 Å². The zero-order valence-electron chi connectivity index (χ0n) is 48.0. The van der Waals surface area contributed by atoms with Crippen molar-refractivity contribution in [3.05, 3.63) is 228 Å². The monoisotopic (exact) mass is 973 g/mol. The van der Waals surface area contributed by atoms with Crippen molar-refractivity contribution in [2.45, 2.75) is 158 Å². The minimum Gasteiger partial charge on any atom is -0.265 e. The molecule has 0 N–H and O–H groups in total. The van der Waals surface area contributed by atoms with Crippen LogP contribution >= 0.6 is 0 Å². The average molecular weight is 973 g/mol. The van der Waals surface area contributed by atoms with Gasteiger partial charge in [0.15, 0.2) is 5.65 Å². The summed E-state index contributed by atoms with van der Waals surface area (Å²) >= 11 is 0. The molecule has 0 amide bonds. The van der Waals surface area contributed by atoms with E-state index < -0.39 is 0 Å². The van der Waals surface area contributed by atoms with Crippen LogP contribution in [-0.4, -0.2) is 19.9 Å². The third-order valence-electron chi connectivity index (χ3n) is 12.1. The van der Waals surface area contributed by atoms with Crippen LogP contribution in [0.3, 0.4) is 0 Å². The standard InChI is InChI=1S/C14H16.C13H15N.C12H14N2.C11H16.C10H14.C9H13N/c1-14(2,3)13-10-6-8-11-7-4-5-9-12(11)13;1-13(2,3)11-8-9-14-12-7-5-4-6-10(11)12;1-12(2,3)10-6-8-14-11-9(10)5-4-7-13-11;1-11(2,3)9-10-7-5-4-6-8-10;1-10(2,3)9-7-5-4-6-8-9;1-9(2,3)8-4-6-10-7-5-8/h4-10H,1-3H3;4-9H,1-3H3;4-8H,1-3H3;4-8H,9H2,1-3H3;4-8H,1-3H3;4-7H,1-3H3. The molecule has 0 aliphatic heterocycles. The molecule has 0 aliphatic rings. The Morgan fingerprint density at radius 1 is 0.301 bits per heavy atom. The fourth-order valence-electron chi connectivity index (χ4n) is 8.26. The average Bonchev–Trinajstić information content (AvgIpc) is 3.33. The molecule has 0 unspecified atom stereocenters. The molecule has 0 fully saturated rings. The number of rotatable bonds is 1. The van der Waals surface area contributed by atoms with Crippen molar-refractivity contribution in [3.63, 3.8) is 0 Å². The van der Waals surface area contributed by atoms with E-state index in [2.05, 4.69) is 296 Å². The highest BCUT2D eigenvalue weighted by Gasteiger charge is 2.19. The fraction of sp³-hybridized carbons (Fsp3) is 0.362. The fourth-order valence-corrected chi connectivity index (χ4v) is 8.26. The van der Waals surface area contributed by atoms with Gasteiger partial charge in [-0.25, -0.2) is 9.97 Å². The van der Waals surface area contributed by atoms with Crippen LogP contribution in [-0.2, 0) is 33.5 Å². The molecule has 384 valence electrons. The maximum Gasteiger partial charge on any atom is 0.159 e. The molecule has 0 saturated heterocycles. The number of nitrogens with zero attached hydrogens (tertiary/aromatic N) is 4. The molecular weight excluding hydrogens is 885 g/mol. The molecule has 0 atom stereocenters. The van der Waals surface area contributed by atoms with Gasteiger partial charge in [0.25, 0.3) is 0 Å². The highest BCUT2D eigenvalue weighted by atomic mass is 14.8. The van der Waals surface area contributed by atoms with Crippen molar-refractivity contribution in [2.24, 2.45) is 5.41 Å². The van der Waals surface area contributed by atoms with Crippen LogP contribution < -0.4 is 0 Å². The van der Waals surface area contributed by atoms with Gasteiger partial charge in [0.05, 0.1) is 5.52 Å². The SMILES string of the molecule is CC(C)(C)Cc1ccccc1.CC(C)(C)c1cccc2ccccc12.CC(C)(C)c1ccccc1.CC(C)(C)c1ccnc2ccccc12.CC(C)(C)c1ccnc2ncccc12.CC(C)(C)c1ccncc1. The number of para-hydroxylation sites is 1. The molecule has 9 rings (SSSR count). The van der Waals surface area contributed by atoms with Gasteiger partial charge in [-0.05, 0) is 126 Å². The Bertz CT molecular complexity index is 2730. The lowest BCUT2D eigenvalue weighted by Gasteiger charge is -2.21. The van der Waals surface area contributed by atoms with E-state index in [0.717, 1.165) is 23.0 Å². The molecule has 0 spiro atoms. The molecule has 4 aromatic heterocycles. The summed E-state index contributed by atoms with van der Waals surface area (Å²) in [6.45, 7) is 40.1. The van der Waals surface area contributed by atoms with E-state index in [9.17, 15) is 0 Å². The third kappa shape index (κ3) is 19.8. The summed E-state index contributed by atoms with van der Waals surface area (Å²) in [6.07, 6.45) is 10.3. The molecule has 4 heteroatoms. The molecule has 0 saturated carbocycles. The van der Waals surface area contributed by atoms with Gasteiger partial charge in [0, 0.05) is 41.8 Å². The van der Waals surface area contributed by atoms with Crippen molar-refractivity contribution < 1.29 is 0 Å². The molecule has 0 bridgehead atoms. The maximum absolute atomic E-state index is 4.36. The minimum atomic E-state index is 0.143. The van der Waals surface area contributed by atoms with Gasteiger partial charge in [-0.1, -0.05) is 246 Å². The van der Waals surface area contributed by atoms with E-state index in [1.165, 1.54) is 49.5 Å². The predicted molar refractivity (Wildman–Crippen MR) is 319 cm³/mol. The second-order valence-electron chi connectivity index (χ2n) is 25.2. The summed E-state index contributed by atoms with van der Waals surface area (Å²) in [5.74, 6) is 0. The Kier molecular flexibility index (Phi) is 21.0. The lowest BCUT2D eigenvalue weighted by Crippen LogP contribution is -2.12. The lowest BCUT2D eigenvalue weighted by atomic mass is 9.84. The van der Waals surface area contributed by atoms with E-state index in [-0.39, 0.29) is 21.7 Å². The summed E-state index contributed by atoms with van der Waals surface area (Å²) in [5.41, 5.74) is 11.7. The molecular formula is C69H88N4. The summed E-state index contributed by atoms with van der Waals surface area (Å²) < 4.78 is 0. The first-order valence-electron chi connectivity index (χ1n) is 26.1. The molecule has 73 heavy (non-hydrogen) atoms. The zero-order chi connectivity index (χ0) is 54.1. The first-order valence-corrected chi connectivity index (χ1v) is 26.1. The molecule has 9 aromatic rings. The summed E-state index contributed by atoms with van der Waals surface area (Å²) in [4.78, 5) is 16.8. The van der Waals surface area contributed by atoms with Gasteiger partial charge in [0.2, 0.25) is 0 Å². The van der Waals surface area contributed by atoms with Crippen molar-refractivity contribution in [1.29, 1.82) is 0 Å². The molecule has 0 aliphatic carbocycles. The number of pyridine rings is 4. The van der Waals surface area contributed by atoms with Crippen molar-refractivity contribution in [3.8, 4) is 0 Å². The molecule has 5 aromatic carbocycles. The Morgan fingerprint density at radius 3 is 1.25 bits per heavy atom. The van der Waals surface area contributed by atoms with Gasteiger partial charge in [-0.2, -0.15) is 0 Å². The first kappa shape index (κ1) is 59.0. The van der Waals surface area contributed by atoms with Crippen molar-refractivity contribution in [1.82, 2.24) is 19.9 Å². The molecule has 0 radical (unpaired) electrons. The van der Waals surface area contributed by atoms with Crippen LogP contribution in [0, 0.1) is 5.41 Å². The van der Waals surface area contributed by atoms with Gasteiger partial charge in [0.1, 0.15) is 0 Å². The van der Waals surface area contributed by atoms with E-state index in [0.29, 0.717) is 10.8 Å². The number of benzene rings is 5. The summed E-state index contributed by atoms with van der Waals surface area (Å²) in [5, 5.41) is 5.13. The third-order valence-corrected chi connectivity index (χ3v) is 12.1. The van der Waals surface area contributed by atoms with E-state index in [4.69, 9.17) is 0 Å². The zero-order valence-corrected chi connectivity index (χ0v) is 48.0. The predicted octanol–water partition coefficient (Wildman–Crippen LogP) is 19.2. The van der Waals surface area contributed by atoms with Crippen LogP contribution in [0.2, 0.25) is 0 Å². The largest absolute Gasteiger partial charge is 0.265 e. The number of hydrogen-bond acceptors (Lipinski definition) is 4. The Morgan fingerprint density at radius 2 is 0.726 bits per heavy atom. The number of fused-ring (bicyclic) bond motifs is 3. The van der Waals surface area contributed by atoms with Gasteiger partial charge >= 0.3 is 0 Å².